The van der Waals surface area contributed by atoms with Crippen LogP contribution in [0, 0.1) is 0 Å². The molecule has 9 nitrogen and oxygen atoms in total. The van der Waals surface area contributed by atoms with Gasteiger partial charge in [-0.05, 0) is 55.5 Å². The number of furan rings is 1. The van der Waals surface area contributed by atoms with Crippen molar-refractivity contribution >= 4 is 44.4 Å². The van der Waals surface area contributed by atoms with Gasteiger partial charge in [-0.15, -0.1) is 15.0 Å². The van der Waals surface area contributed by atoms with E-state index in [9.17, 15) is 4.79 Å². The molecule has 0 radical (unpaired) electrons. The lowest BCUT2D eigenvalue weighted by Crippen LogP contribution is -2.39. The Balaban J connectivity index is 1.23. The average Bonchev–Trinajstić information content (AvgIpc) is 3.92. The molecule has 0 unspecified atom stereocenters. The van der Waals surface area contributed by atoms with Gasteiger partial charge in [0, 0.05) is 36.5 Å². The maximum atomic E-state index is 12.7. The number of benzene rings is 5. The van der Waals surface area contributed by atoms with Gasteiger partial charge >= 0.3 is 0 Å². The van der Waals surface area contributed by atoms with E-state index in [4.69, 9.17) is 31.4 Å². The number of amides is 1. The first-order valence-corrected chi connectivity index (χ1v) is 18.4. The number of nitrogens with zero attached hydrogens (tertiary/aromatic N) is 6. The van der Waals surface area contributed by atoms with E-state index < -0.39 is 5.54 Å². The first kappa shape index (κ1) is 34.3. The van der Waals surface area contributed by atoms with Crippen LogP contribution in [0.5, 0.6) is 0 Å². The predicted octanol–water partition coefficient (Wildman–Crippen LogP) is 9.18. The summed E-state index contributed by atoms with van der Waals surface area (Å²) in [5.41, 5.74) is 5.64. The Morgan fingerprint density at radius 1 is 0.830 bits per heavy atom. The van der Waals surface area contributed by atoms with Crippen LogP contribution in [0.3, 0.4) is 0 Å². The third-order valence-electron chi connectivity index (χ3n) is 9.50. The van der Waals surface area contributed by atoms with E-state index in [1.54, 1.807) is 11.8 Å². The van der Waals surface area contributed by atoms with E-state index in [-0.39, 0.29) is 11.1 Å². The van der Waals surface area contributed by atoms with Crippen molar-refractivity contribution in [3.8, 4) is 22.7 Å². The van der Waals surface area contributed by atoms with Crippen molar-refractivity contribution in [1.82, 2.24) is 35.1 Å². The zero-order valence-electron chi connectivity index (χ0n) is 28.9. The second-order valence-corrected chi connectivity index (χ2v) is 13.7. The van der Waals surface area contributed by atoms with Crippen LogP contribution in [0.1, 0.15) is 45.5 Å². The van der Waals surface area contributed by atoms with E-state index in [0.29, 0.717) is 35.8 Å². The van der Waals surface area contributed by atoms with Gasteiger partial charge in [0.25, 0.3) is 5.91 Å². The summed E-state index contributed by atoms with van der Waals surface area (Å²) in [5.74, 6) is 1.53. The summed E-state index contributed by atoms with van der Waals surface area (Å²) in [5, 5.41) is 18.3. The molecule has 0 saturated heterocycles. The molecule has 1 amide bonds. The molecule has 1 N–H and O–H groups in total. The summed E-state index contributed by atoms with van der Waals surface area (Å²) in [7, 11) is 1.58. The summed E-state index contributed by atoms with van der Waals surface area (Å²) in [6.45, 7) is 2.39. The predicted molar refractivity (Wildman–Crippen MR) is 210 cm³/mol. The molecule has 8 aromatic rings. The van der Waals surface area contributed by atoms with Gasteiger partial charge in [-0.2, -0.15) is 0 Å². The van der Waals surface area contributed by atoms with Crippen LogP contribution in [0.25, 0.3) is 33.7 Å². The number of carbonyl (C=O) groups excluding carboxylic acids is 1. The van der Waals surface area contributed by atoms with Crippen LogP contribution in [0.15, 0.2) is 142 Å². The maximum absolute atomic E-state index is 12.7. The van der Waals surface area contributed by atoms with Crippen molar-refractivity contribution in [3.63, 3.8) is 0 Å². The molecular weight excluding hydrogens is 750 g/mol. The third-order valence-corrected chi connectivity index (χ3v) is 10.5. The van der Waals surface area contributed by atoms with E-state index in [2.05, 4.69) is 68.7 Å². The number of carbonyl (C=O) groups is 1. The number of nitrogens with one attached hydrogen (secondary N) is 1. The molecule has 3 heterocycles. The normalized spacial score (nSPS) is 11.6. The molecule has 0 atom stereocenters. The Bertz CT molecular complexity index is 2470. The van der Waals surface area contributed by atoms with Gasteiger partial charge < -0.3 is 14.3 Å². The van der Waals surface area contributed by atoms with Crippen molar-refractivity contribution < 1.29 is 9.21 Å². The Morgan fingerprint density at radius 3 is 2.00 bits per heavy atom. The molecule has 53 heavy (non-hydrogen) atoms. The standard InChI is InChI=1S/C42H33BrClN7O2/c1-3-35-46-39(44)37(41(52)45-2)50(35)26-27-23-24-34-33(25-27)36(43)38(53-34)31-21-13-14-22-32(31)40-47-49-51(48-40)42(28-15-7-4-8-16-28,29-17-9-5-10-18-29)30-19-11-6-12-20-30/h4-25H,3,26H2,1-2H3,(H,45,52). The van der Waals surface area contributed by atoms with Crippen LogP contribution in [0.4, 0.5) is 0 Å². The summed E-state index contributed by atoms with van der Waals surface area (Å²) < 4.78 is 9.18. The fourth-order valence-corrected chi connectivity index (χ4v) is 7.93. The van der Waals surface area contributed by atoms with Gasteiger partial charge in [0.2, 0.25) is 5.82 Å². The molecule has 0 aliphatic rings. The zero-order chi connectivity index (χ0) is 36.5. The molecule has 3 aromatic heterocycles. The summed E-state index contributed by atoms with van der Waals surface area (Å²) >= 11 is 10.3. The quantitative estimate of drug-likeness (QED) is 0.139. The van der Waals surface area contributed by atoms with E-state index in [1.165, 1.54) is 0 Å². The zero-order valence-corrected chi connectivity index (χ0v) is 31.2. The number of rotatable bonds is 10. The highest BCUT2D eigenvalue weighted by atomic mass is 79.9. The third kappa shape index (κ3) is 5.93. The van der Waals surface area contributed by atoms with Gasteiger partial charge in [-0.3, -0.25) is 4.79 Å². The fraction of sp³-hybridized carbons (Fsp3) is 0.119. The monoisotopic (exact) mass is 781 g/mol. The Kier molecular flexibility index (Phi) is 9.24. The lowest BCUT2D eigenvalue weighted by molar-refractivity contribution is 0.0954. The van der Waals surface area contributed by atoms with Crippen LogP contribution in [-0.4, -0.2) is 42.7 Å². The van der Waals surface area contributed by atoms with Crippen LogP contribution < -0.4 is 5.32 Å². The summed E-state index contributed by atoms with van der Waals surface area (Å²) in [6.07, 6.45) is 0.622. The minimum atomic E-state index is -0.908. The van der Waals surface area contributed by atoms with Gasteiger partial charge in [0.05, 0.1) is 4.47 Å². The second-order valence-electron chi connectivity index (χ2n) is 12.5. The largest absolute Gasteiger partial charge is 0.455 e. The molecule has 11 heteroatoms. The minimum Gasteiger partial charge on any atom is -0.455 e. The molecule has 262 valence electrons. The average molecular weight is 783 g/mol. The Labute approximate surface area is 319 Å². The highest BCUT2D eigenvalue weighted by Crippen LogP contribution is 2.43. The molecule has 0 spiro atoms. The Hall–Kier alpha value is -5.84. The SMILES string of the molecule is CCc1nc(Cl)c(C(=O)NC)n1Cc1ccc2oc(-c3ccccc3-c3nnn(C(c4ccccc4)(c4ccccc4)c4ccccc4)n3)c(Br)c2c1. The molecule has 0 aliphatic carbocycles. The van der Waals surface area contributed by atoms with Crippen molar-refractivity contribution in [1.29, 1.82) is 0 Å². The molecular formula is C42H33BrClN7O2. The number of fused-ring (bicyclic) bond motifs is 1. The molecule has 0 bridgehead atoms. The number of imidazole rings is 1. The number of tetrazole rings is 1. The number of halogens is 2. The maximum Gasteiger partial charge on any atom is 0.270 e. The number of aryl methyl sites for hydroxylation is 1. The molecule has 8 rings (SSSR count). The smallest absolute Gasteiger partial charge is 0.270 e. The molecule has 0 fully saturated rings. The second kappa shape index (κ2) is 14.3. The minimum absolute atomic E-state index is 0.185. The lowest BCUT2D eigenvalue weighted by Gasteiger charge is -2.34. The van der Waals surface area contributed by atoms with Gasteiger partial charge in [-0.25, -0.2) is 4.98 Å². The molecule has 0 aliphatic heterocycles. The van der Waals surface area contributed by atoms with Gasteiger partial charge in [0.15, 0.2) is 10.7 Å². The highest BCUT2D eigenvalue weighted by Gasteiger charge is 2.41. The Morgan fingerprint density at radius 2 is 1.42 bits per heavy atom. The topological polar surface area (TPSA) is 104 Å². The van der Waals surface area contributed by atoms with Crippen LogP contribution >= 0.6 is 27.5 Å². The van der Waals surface area contributed by atoms with Crippen molar-refractivity contribution in [2.45, 2.75) is 25.4 Å². The lowest BCUT2D eigenvalue weighted by atomic mass is 9.77. The summed E-state index contributed by atoms with van der Waals surface area (Å²) in [4.78, 5) is 18.9. The highest BCUT2D eigenvalue weighted by molar-refractivity contribution is 9.10. The molecule has 0 saturated carbocycles. The van der Waals surface area contributed by atoms with Gasteiger partial charge in [0.1, 0.15) is 22.9 Å². The summed E-state index contributed by atoms with van der Waals surface area (Å²) in [6, 6.07) is 44.7. The van der Waals surface area contributed by atoms with Crippen molar-refractivity contribution in [2.75, 3.05) is 7.05 Å². The first-order valence-electron chi connectivity index (χ1n) is 17.2. The van der Waals surface area contributed by atoms with Crippen LogP contribution in [-0.2, 0) is 18.5 Å². The van der Waals surface area contributed by atoms with E-state index >= 15 is 0 Å². The van der Waals surface area contributed by atoms with Crippen LogP contribution in [0.2, 0.25) is 5.15 Å². The first-order chi connectivity index (χ1) is 25.9. The van der Waals surface area contributed by atoms with Crippen molar-refractivity contribution in [2.24, 2.45) is 0 Å². The van der Waals surface area contributed by atoms with E-state index in [0.717, 1.165) is 49.1 Å². The van der Waals surface area contributed by atoms with Crippen molar-refractivity contribution in [3.05, 3.63) is 177 Å². The molecule has 5 aromatic carbocycles. The number of aromatic nitrogens is 6. The van der Waals surface area contributed by atoms with E-state index in [1.807, 2.05) is 102 Å². The van der Waals surface area contributed by atoms with Gasteiger partial charge in [-0.1, -0.05) is 140 Å². The number of hydrogen-bond donors (Lipinski definition) is 1. The fourth-order valence-electron chi connectivity index (χ4n) is 7.04. The number of hydrogen-bond acceptors (Lipinski definition) is 6.